The van der Waals surface area contributed by atoms with Crippen LogP contribution in [0.1, 0.15) is 18.4 Å². The molecule has 1 fully saturated rings. The van der Waals surface area contributed by atoms with Crippen molar-refractivity contribution < 1.29 is 0 Å². The first-order valence-electron chi connectivity index (χ1n) is 7.33. The third-order valence-corrected chi connectivity index (χ3v) is 4.08. The van der Waals surface area contributed by atoms with Gasteiger partial charge in [0.1, 0.15) is 0 Å². The van der Waals surface area contributed by atoms with Crippen LogP contribution in [0.5, 0.6) is 0 Å². The van der Waals surface area contributed by atoms with E-state index in [0.29, 0.717) is 6.04 Å². The molecule has 0 aliphatic carbocycles. The zero-order valence-corrected chi connectivity index (χ0v) is 12.3. The summed E-state index contributed by atoms with van der Waals surface area (Å²) in [5, 5.41) is 0. The summed E-state index contributed by atoms with van der Waals surface area (Å²) >= 11 is 0. The van der Waals surface area contributed by atoms with Crippen molar-refractivity contribution in [2.45, 2.75) is 31.3 Å². The Morgan fingerprint density at radius 2 is 2.11 bits per heavy atom. The topological polar surface area (TPSA) is 32.5 Å². The van der Waals surface area contributed by atoms with Gasteiger partial charge < -0.3 is 15.5 Å². The van der Waals surface area contributed by atoms with E-state index in [0.717, 1.165) is 19.5 Å². The van der Waals surface area contributed by atoms with E-state index in [9.17, 15) is 0 Å². The first-order valence-corrected chi connectivity index (χ1v) is 7.33. The summed E-state index contributed by atoms with van der Waals surface area (Å²) < 4.78 is 0. The molecule has 1 saturated heterocycles. The van der Waals surface area contributed by atoms with Gasteiger partial charge in [-0.3, -0.25) is 0 Å². The van der Waals surface area contributed by atoms with Crippen molar-refractivity contribution in [3.8, 4) is 0 Å². The van der Waals surface area contributed by atoms with Crippen molar-refractivity contribution in [3.05, 3.63) is 35.9 Å². The van der Waals surface area contributed by atoms with Gasteiger partial charge >= 0.3 is 0 Å². The number of hydrogen-bond donors (Lipinski definition) is 1. The summed E-state index contributed by atoms with van der Waals surface area (Å²) in [5.74, 6) is 0. The van der Waals surface area contributed by atoms with E-state index in [1.54, 1.807) is 0 Å². The Morgan fingerprint density at radius 1 is 1.37 bits per heavy atom. The minimum atomic E-state index is 0.221. The highest BCUT2D eigenvalue weighted by Gasteiger charge is 2.22. The van der Waals surface area contributed by atoms with Gasteiger partial charge in [-0.15, -0.1) is 0 Å². The number of nitrogens with two attached hydrogens (primary N) is 1. The lowest BCUT2D eigenvalue weighted by Crippen LogP contribution is -2.42. The fourth-order valence-corrected chi connectivity index (χ4v) is 3.03. The van der Waals surface area contributed by atoms with Gasteiger partial charge in [0, 0.05) is 25.2 Å². The number of hydrogen-bond acceptors (Lipinski definition) is 3. The zero-order valence-electron chi connectivity index (χ0n) is 12.3. The van der Waals surface area contributed by atoms with Gasteiger partial charge in [0.05, 0.1) is 0 Å². The minimum absolute atomic E-state index is 0.221. The van der Waals surface area contributed by atoms with Crippen LogP contribution in [0, 0.1) is 0 Å². The van der Waals surface area contributed by atoms with E-state index in [2.05, 4.69) is 54.2 Å². The van der Waals surface area contributed by atoms with Crippen molar-refractivity contribution in [2.75, 3.05) is 33.7 Å². The molecule has 1 aliphatic heterocycles. The highest BCUT2D eigenvalue weighted by Crippen LogP contribution is 2.15. The minimum Gasteiger partial charge on any atom is -0.326 e. The molecule has 0 saturated carbocycles. The van der Waals surface area contributed by atoms with Crippen LogP contribution >= 0.6 is 0 Å². The van der Waals surface area contributed by atoms with Gasteiger partial charge in [-0.1, -0.05) is 30.3 Å². The van der Waals surface area contributed by atoms with Crippen LogP contribution in [-0.4, -0.2) is 55.6 Å². The lowest BCUT2D eigenvalue weighted by molar-refractivity contribution is 0.212. The summed E-state index contributed by atoms with van der Waals surface area (Å²) in [6.45, 7) is 3.35. The molecule has 3 heteroatoms. The monoisotopic (exact) mass is 261 g/mol. The largest absolute Gasteiger partial charge is 0.326 e. The zero-order chi connectivity index (χ0) is 13.7. The molecule has 3 nitrogen and oxygen atoms in total. The molecule has 1 aromatic rings. The third kappa shape index (κ3) is 4.60. The second-order valence-corrected chi connectivity index (χ2v) is 5.95. The van der Waals surface area contributed by atoms with Crippen molar-refractivity contribution in [3.63, 3.8) is 0 Å². The first kappa shape index (κ1) is 14.5. The van der Waals surface area contributed by atoms with Crippen molar-refractivity contribution in [2.24, 2.45) is 5.73 Å². The smallest absolute Gasteiger partial charge is 0.0220 e. The first-order chi connectivity index (χ1) is 9.15. The Balaban J connectivity index is 1.74. The van der Waals surface area contributed by atoms with Gasteiger partial charge in [-0.25, -0.2) is 0 Å². The van der Waals surface area contributed by atoms with Crippen molar-refractivity contribution >= 4 is 0 Å². The summed E-state index contributed by atoms with van der Waals surface area (Å²) in [7, 11) is 4.42. The Hall–Kier alpha value is -0.900. The average Bonchev–Trinajstić information content (AvgIpc) is 2.76. The Bertz CT molecular complexity index is 366. The standard InChI is InChI=1S/C16H27N3/c1-18(13-16-9-6-10-19(16)2)12-15(17)11-14-7-4-3-5-8-14/h3-5,7-8,15-16H,6,9-13,17H2,1-2H3. The van der Waals surface area contributed by atoms with Crippen LogP contribution in [0.15, 0.2) is 30.3 Å². The predicted molar refractivity (Wildman–Crippen MR) is 81.3 cm³/mol. The highest BCUT2D eigenvalue weighted by molar-refractivity contribution is 5.15. The average molecular weight is 261 g/mol. The molecule has 1 aliphatic rings. The molecule has 0 radical (unpaired) electrons. The van der Waals surface area contributed by atoms with Crippen LogP contribution in [0.4, 0.5) is 0 Å². The number of rotatable bonds is 6. The van der Waals surface area contributed by atoms with Crippen LogP contribution in [0.3, 0.4) is 0 Å². The molecule has 2 atom stereocenters. The molecule has 1 heterocycles. The van der Waals surface area contributed by atoms with E-state index in [1.807, 2.05) is 0 Å². The number of benzene rings is 1. The molecule has 0 aromatic heterocycles. The van der Waals surface area contributed by atoms with E-state index in [-0.39, 0.29) is 6.04 Å². The molecular weight excluding hydrogens is 234 g/mol. The maximum atomic E-state index is 6.26. The fraction of sp³-hybridized carbons (Fsp3) is 0.625. The molecule has 2 rings (SSSR count). The van der Waals surface area contributed by atoms with Crippen LogP contribution in [0.25, 0.3) is 0 Å². The van der Waals surface area contributed by atoms with Crippen molar-refractivity contribution in [1.29, 1.82) is 0 Å². The SMILES string of the molecule is CN(CC(N)Cc1ccccc1)CC1CCCN1C. The van der Waals surface area contributed by atoms with Crippen LogP contribution < -0.4 is 5.73 Å². The Kier molecular flexibility index (Phi) is 5.37. The maximum absolute atomic E-state index is 6.26. The number of nitrogens with zero attached hydrogens (tertiary/aromatic N) is 2. The maximum Gasteiger partial charge on any atom is 0.0220 e. The van der Waals surface area contributed by atoms with Gasteiger partial charge in [0.25, 0.3) is 0 Å². The van der Waals surface area contributed by atoms with Gasteiger partial charge in [0.15, 0.2) is 0 Å². The molecule has 0 amide bonds. The van der Waals surface area contributed by atoms with Crippen LogP contribution in [0.2, 0.25) is 0 Å². The van der Waals surface area contributed by atoms with Gasteiger partial charge in [-0.05, 0) is 45.5 Å². The molecule has 1 aromatic carbocycles. The summed E-state index contributed by atoms with van der Waals surface area (Å²) in [4.78, 5) is 4.86. The molecule has 2 N–H and O–H groups in total. The normalized spacial score (nSPS) is 22.0. The molecule has 19 heavy (non-hydrogen) atoms. The molecule has 0 bridgehead atoms. The quantitative estimate of drug-likeness (QED) is 0.844. The van der Waals surface area contributed by atoms with E-state index in [4.69, 9.17) is 5.73 Å². The summed E-state index contributed by atoms with van der Waals surface area (Å²) in [6, 6.07) is 11.5. The van der Waals surface area contributed by atoms with Gasteiger partial charge in [-0.2, -0.15) is 0 Å². The number of likely N-dealkylation sites (tertiary alicyclic amines) is 1. The fourth-order valence-electron chi connectivity index (χ4n) is 3.03. The summed E-state index contributed by atoms with van der Waals surface area (Å²) in [6.07, 6.45) is 3.63. The second kappa shape index (κ2) is 7.04. The Morgan fingerprint density at radius 3 is 2.74 bits per heavy atom. The van der Waals surface area contributed by atoms with Gasteiger partial charge in [0.2, 0.25) is 0 Å². The lowest BCUT2D eigenvalue weighted by atomic mass is 10.1. The highest BCUT2D eigenvalue weighted by atomic mass is 15.2. The Labute approximate surface area is 117 Å². The van der Waals surface area contributed by atoms with Crippen LogP contribution in [-0.2, 0) is 6.42 Å². The third-order valence-electron chi connectivity index (χ3n) is 4.08. The summed E-state index contributed by atoms with van der Waals surface area (Å²) in [5.41, 5.74) is 7.59. The molecule has 0 spiro atoms. The van der Waals surface area contributed by atoms with Crippen molar-refractivity contribution in [1.82, 2.24) is 9.80 Å². The predicted octanol–water partition coefficient (Wildman–Crippen LogP) is 1.58. The lowest BCUT2D eigenvalue weighted by Gasteiger charge is -2.27. The second-order valence-electron chi connectivity index (χ2n) is 5.95. The number of likely N-dealkylation sites (N-methyl/N-ethyl adjacent to an activating group) is 2. The molecular formula is C16H27N3. The van der Waals surface area contributed by atoms with E-state index >= 15 is 0 Å². The molecule has 2 unspecified atom stereocenters. The van der Waals surface area contributed by atoms with E-state index in [1.165, 1.54) is 24.9 Å². The molecule has 106 valence electrons. The van der Waals surface area contributed by atoms with E-state index < -0.39 is 0 Å².